The second kappa shape index (κ2) is 7.52. The highest BCUT2D eigenvalue weighted by molar-refractivity contribution is 6.17. The van der Waals surface area contributed by atoms with Crippen molar-refractivity contribution in [1.29, 1.82) is 0 Å². The molecule has 0 aliphatic rings. The average molecular weight is 271 g/mol. The number of aromatic nitrogens is 3. The molecule has 0 saturated heterocycles. The Morgan fingerprint density at radius 3 is 2.28 bits per heavy atom. The van der Waals surface area contributed by atoms with Crippen molar-refractivity contribution in [2.45, 2.75) is 53.0 Å². The Kier molecular flexibility index (Phi) is 6.33. The Labute approximate surface area is 115 Å². The van der Waals surface area contributed by atoms with Crippen molar-refractivity contribution < 1.29 is 0 Å². The Balaban J connectivity index is 2.97. The molecule has 1 rings (SSSR count). The minimum absolute atomic E-state index is 0.354. The van der Waals surface area contributed by atoms with Crippen LogP contribution >= 0.6 is 11.6 Å². The Morgan fingerprint density at radius 1 is 1.11 bits per heavy atom. The minimum atomic E-state index is 0.354. The lowest BCUT2D eigenvalue weighted by molar-refractivity contribution is 0.637. The third-order valence-corrected chi connectivity index (χ3v) is 3.18. The molecule has 0 radical (unpaired) electrons. The number of hydrogen-bond acceptors (Lipinski definition) is 4. The van der Waals surface area contributed by atoms with E-state index in [0.717, 1.165) is 43.1 Å². The van der Waals surface area contributed by atoms with Crippen molar-refractivity contribution in [3.63, 3.8) is 0 Å². The third-order valence-electron chi connectivity index (χ3n) is 2.91. The molecular weight excluding hydrogens is 248 g/mol. The van der Waals surface area contributed by atoms with Gasteiger partial charge in [-0.25, -0.2) is 4.98 Å². The first-order valence-electron chi connectivity index (χ1n) is 6.69. The Hall–Kier alpha value is -0.900. The van der Waals surface area contributed by atoms with Crippen molar-refractivity contribution in [1.82, 2.24) is 15.2 Å². The Morgan fingerprint density at radius 2 is 1.78 bits per heavy atom. The number of aryl methyl sites for hydroxylation is 2. The fourth-order valence-corrected chi connectivity index (χ4v) is 1.99. The molecule has 0 saturated carbocycles. The van der Waals surface area contributed by atoms with E-state index in [0.29, 0.717) is 11.9 Å². The molecule has 4 nitrogen and oxygen atoms in total. The van der Waals surface area contributed by atoms with E-state index in [1.54, 1.807) is 0 Å². The largest absolute Gasteiger partial charge is 0.337 e. The van der Waals surface area contributed by atoms with Crippen LogP contribution in [-0.2, 0) is 12.8 Å². The van der Waals surface area contributed by atoms with Crippen LogP contribution in [-0.4, -0.2) is 33.6 Å². The van der Waals surface area contributed by atoms with Crippen molar-refractivity contribution in [3.05, 3.63) is 11.4 Å². The molecule has 0 N–H and O–H groups in total. The molecule has 5 heteroatoms. The Bertz CT molecular complexity index is 368. The molecule has 0 fully saturated rings. The number of anilines is 1. The van der Waals surface area contributed by atoms with E-state index < -0.39 is 0 Å². The highest BCUT2D eigenvalue weighted by Crippen LogP contribution is 2.14. The van der Waals surface area contributed by atoms with Crippen LogP contribution in [0, 0.1) is 0 Å². The van der Waals surface area contributed by atoms with Crippen molar-refractivity contribution >= 4 is 17.5 Å². The number of halogens is 1. The summed E-state index contributed by atoms with van der Waals surface area (Å²) in [6.45, 7) is 9.33. The van der Waals surface area contributed by atoms with Gasteiger partial charge in [-0.15, -0.1) is 16.7 Å². The van der Waals surface area contributed by atoms with E-state index in [2.05, 4.69) is 47.8 Å². The van der Waals surface area contributed by atoms with Crippen LogP contribution in [0.2, 0.25) is 0 Å². The van der Waals surface area contributed by atoms with Gasteiger partial charge in [0.15, 0.2) is 0 Å². The first kappa shape index (κ1) is 15.2. The van der Waals surface area contributed by atoms with Crippen LogP contribution in [0.1, 0.15) is 45.5 Å². The molecule has 1 heterocycles. The molecule has 1 aromatic rings. The third kappa shape index (κ3) is 3.80. The van der Waals surface area contributed by atoms with Gasteiger partial charge in [0, 0.05) is 18.5 Å². The zero-order valence-electron chi connectivity index (χ0n) is 11.8. The molecule has 0 aliphatic heterocycles. The lowest BCUT2D eigenvalue weighted by Crippen LogP contribution is -2.34. The predicted molar refractivity (Wildman–Crippen MR) is 76.4 cm³/mol. The summed E-state index contributed by atoms with van der Waals surface area (Å²) in [5.74, 6) is 1.38. The molecule has 1 aromatic heterocycles. The van der Waals surface area contributed by atoms with Gasteiger partial charge in [-0.3, -0.25) is 0 Å². The maximum absolute atomic E-state index is 5.76. The fraction of sp³-hybridized carbons (Fsp3) is 0.769. The first-order valence-corrected chi connectivity index (χ1v) is 7.22. The van der Waals surface area contributed by atoms with Gasteiger partial charge in [-0.05, 0) is 33.1 Å². The summed E-state index contributed by atoms with van der Waals surface area (Å²) in [7, 11) is 0. The molecule has 0 unspecified atom stereocenters. The molecule has 0 aliphatic carbocycles. The van der Waals surface area contributed by atoms with Gasteiger partial charge >= 0.3 is 0 Å². The topological polar surface area (TPSA) is 41.9 Å². The number of alkyl halides is 1. The van der Waals surface area contributed by atoms with Crippen molar-refractivity contribution in [2.75, 3.05) is 17.3 Å². The molecular formula is C13H23ClN4. The number of rotatable bonds is 7. The molecule has 102 valence electrons. The van der Waals surface area contributed by atoms with Crippen LogP contribution in [0.5, 0.6) is 0 Å². The van der Waals surface area contributed by atoms with Gasteiger partial charge < -0.3 is 4.90 Å². The maximum Gasteiger partial charge on any atom is 0.245 e. The van der Waals surface area contributed by atoms with E-state index in [4.69, 9.17) is 11.6 Å². The fourth-order valence-electron chi connectivity index (χ4n) is 1.87. The van der Waals surface area contributed by atoms with E-state index in [1.165, 1.54) is 0 Å². The molecule has 0 amide bonds. The van der Waals surface area contributed by atoms with Gasteiger partial charge in [0.2, 0.25) is 5.95 Å². The summed E-state index contributed by atoms with van der Waals surface area (Å²) < 4.78 is 0. The average Bonchev–Trinajstić information content (AvgIpc) is 2.38. The molecule has 0 spiro atoms. The summed E-state index contributed by atoms with van der Waals surface area (Å²) in [4.78, 5) is 6.81. The van der Waals surface area contributed by atoms with Crippen LogP contribution in [0.25, 0.3) is 0 Å². The molecule has 0 atom stereocenters. The highest BCUT2D eigenvalue weighted by atomic mass is 35.5. The second-order valence-electron chi connectivity index (χ2n) is 4.54. The first-order chi connectivity index (χ1) is 8.63. The number of nitrogens with zero attached hydrogens (tertiary/aromatic N) is 4. The predicted octanol–water partition coefficient (Wildman–Crippen LogP) is 2.84. The van der Waals surface area contributed by atoms with Gasteiger partial charge in [0.05, 0.1) is 11.4 Å². The standard InChI is InChI=1S/C13H23ClN4/c1-5-11-12(6-2)16-17-13(15-11)18(10(3)4)9-7-8-14/h10H,5-9H2,1-4H3. The van der Waals surface area contributed by atoms with Crippen LogP contribution in [0.4, 0.5) is 5.95 Å². The SMILES string of the molecule is CCc1nnc(N(CCCCl)C(C)C)nc1CC. The minimum Gasteiger partial charge on any atom is -0.337 e. The van der Waals surface area contributed by atoms with Crippen molar-refractivity contribution in [2.24, 2.45) is 0 Å². The van der Waals surface area contributed by atoms with Crippen molar-refractivity contribution in [3.8, 4) is 0 Å². The number of hydrogen-bond donors (Lipinski definition) is 0. The molecule has 18 heavy (non-hydrogen) atoms. The zero-order valence-corrected chi connectivity index (χ0v) is 12.5. The van der Waals surface area contributed by atoms with Crippen LogP contribution in [0.3, 0.4) is 0 Å². The van der Waals surface area contributed by atoms with Crippen LogP contribution in [0.15, 0.2) is 0 Å². The zero-order chi connectivity index (χ0) is 13.5. The quantitative estimate of drug-likeness (QED) is 0.715. The molecule has 0 bridgehead atoms. The summed E-state index contributed by atoms with van der Waals surface area (Å²) in [5.41, 5.74) is 2.06. The highest BCUT2D eigenvalue weighted by Gasteiger charge is 2.15. The lowest BCUT2D eigenvalue weighted by Gasteiger charge is -2.26. The van der Waals surface area contributed by atoms with E-state index in [1.807, 2.05) is 0 Å². The lowest BCUT2D eigenvalue weighted by atomic mass is 10.2. The summed E-state index contributed by atoms with van der Waals surface area (Å²) in [6, 6.07) is 0.354. The summed E-state index contributed by atoms with van der Waals surface area (Å²) in [6.07, 6.45) is 2.71. The molecule has 0 aromatic carbocycles. The second-order valence-corrected chi connectivity index (χ2v) is 4.92. The van der Waals surface area contributed by atoms with Gasteiger partial charge in [-0.2, -0.15) is 5.10 Å². The normalized spacial score (nSPS) is 11.0. The smallest absolute Gasteiger partial charge is 0.245 e. The van der Waals surface area contributed by atoms with E-state index >= 15 is 0 Å². The van der Waals surface area contributed by atoms with E-state index in [-0.39, 0.29) is 0 Å². The van der Waals surface area contributed by atoms with Gasteiger partial charge in [0.1, 0.15) is 0 Å². The monoisotopic (exact) mass is 270 g/mol. The van der Waals surface area contributed by atoms with Gasteiger partial charge in [-0.1, -0.05) is 13.8 Å². The van der Waals surface area contributed by atoms with E-state index in [9.17, 15) is 0 Å². The summed E-state index contributed by atoms with van der Waals surface area (Å²) in [5, 5.41) is 8.55. The van der Waals surface area contributed by atoms with Gasteiger partial charge in [0.25, 0.3) is 0 Å². The summed E-state index contributed by atoms with van der Waals surface area (Å²) >= 11 is 5.76. The van der Waals surface area contributed by atoms with Crippen LogP contribution < -0.4 is 4.90 Å². The maximum atomic E-state index is 5.76.